The number of pyridine rings is 1. The molecule has 0 aliphatic rings. The van der Waals surface area contributed by atoms with Gasteiger partial charge < -0.3 is 9.15 Å². The van der Waals surface area contributed by atoms with Crippen molar-refractivity contribution in [2.75, 3.05) is 0 Å². The fourth-order valence-electron chi connectivity index (χ4n) is 2.16. The van der Waals surface area contributed by atoms with Crippen LogP contribution < -0.4 is 15.6 Å². The molecule has 0 radical (unpaired) electrons. The Kier molecular flexibility index (Phi) is 5.45. The number of ether oxygens (including phenoxy) is 1. The zero-order valence-corrected chi connectivity index (χ0v) is 14.0. The van der Waals surface area contributed by atoms with Crippen molar-refractivity contribution < 1.29 is 18.7 Å². The minimum Gasteiger partial charge on any atom is -0.484 e. The number of amides is 2. The maximum absolute atomic E-state index is 12.0. The number of aromatic nitrogens is 1. The number of nitrogens with zero attached hydrogens (tertiary/aromatic N) is 2. The van der Waals surface area contributed by atoms with Crippen molar-refractivity contribution in [3.8, 4) is 11.8 Å². The van der Waals surface area contributed by atoms with Gasteiger partial charge >= 0.3 is 5.91 Å². The zero-order valence-electron chi connectivity index (χ0n) is 14.0. The molecule has 0 atom stereocenters. The minimum atomic E-state index is -0.615. The number of carbonyl (C=O) groups is 2. The predicted molar refractivity (Wildman–Crippen MR) is 93.4 cm³/mol. The Bertz CT molecular complexity index is 992. The van der Waals surface area contributed by atoms with E-state index in [9.17, 15) is 9.59 Å². The number of hydrazine groups is 1. The molecule has 134 valence electrons. The zero-order chi connectivity index (χ0) is 19.1. The van der Waals surface area contributed by atoms with Gasteiger partial charge in [-0.05, 0) is 36.4 Å². The maximum Gasteiger partial charge on any atom is 0.305 e. The highest BCUT2D eigenvalue weighted by atomic mass is 16.5. The Balaban J connectivity index is 1.55. The third kappa shape index (κ3) is 4.49. The van der Waals surface area contributed by atoms with Crippen molar-refractivity contribution in [1.29, 1.82) is 5.26 Å². The van der Waals surface area contributed by atoms with Crippen molar-refractivity contribution in [1.82, 2.24) is 15.8 Å². The normalized spacial score (nSPS) is 9.89. The summed E-state index contributed by atoms with van der Waals surface area (Å²) in [5, 5.41) is 9.03. The molecule has 1 aromatic carbocycles. The van der Waals surface area contributed by atoms with Gasteiger partial charge in [-0.25, -0.2) is 0 Å². The van der Waals surface area contributed by atoms with Gasteiger partial charge in [-0.3, -0.25) is 25.4 Å². The van der Waals surface area contributed by atoms with Crippen LogP contribution in [0, 0.1) is 11.3 Å². The molecule has 8 nitrogen and oxygen atoms in total. The van der Waals surface area contributed by atoms with Gasteiger partial charge in [0.15, 0.2) is 5.76 Å². The molecule has 2 amide bonds. The summed E-state index contributed by atoms with van der Waals surface area (Å²) in [7, 11) is 0. The Hall–Kier alpha value is -4.12. The molecular weight excluding hydrogens is 348 g/mol. The summed E-state index contributed by atoms with van der Waals surface area (Å²) >= 11 is 0. The topological polar surface area (TPSA) is 117 Å². The molecule has 0 unspecified atom stereocenters. The summed E-state index contributed by atoms with van der Waals surface area (Å²) in [6, 6.07) is 15.0. The lowest BCUT2D eigenvalue weighted by atomic mass is 10.2. The second-order valence-electron chi connectivity index (χ2n) is 5.31. The van der Waals surface area contributed by atoms with E-state index in [2.05, 4.69) is 15.8 Å². The van der Waals surface area contributed by atoms with Crippen LogP contribution >= 0.6 is 0 Å². The molecule has 0 saturated carbocycles. The molecule has 2 N–H and O–H groups in total. The summed E-state index contributed by atoms with van der Waals surface area (Å²) in [6.07, 6.45) is 2.92. The summed E-state index contributed by atoms with van der Waals surface area (Å²) in [5.74, 6) is -0.290. The van der Waals surface area contributed by atoms with Gasteiger partial charge in [-0.15, -0.1) is 0 Å². The molecule has 0 saturated heterocycles. The smallest absolute Gasteiger partial charge is 0.305 e. The van der Waals surface area contributed by atoms with Crippen LogP contribution in [0.25, 0.3) is 0 Å². The second kappa shape index (κ2) is 8.31. The Labute approximate surface area is 154 Å². The van der Waals surface area contributed by atoms with Crippen LogP contribution in [0.4, 0.5) is 0 Å². The molecule has 0 aliphatic heterocycles. The lowest BCUT2D eigenvalue weighted by molar-refractivity contribution is 0.0828. The molecule has 8 heteroatoms. The lowest BCUT2D eigenvalue weighted by Gasteiger charge is -2.06. The van der Waals surface area contributed by atoms with Crippen molar-refractivity contribution in [3.05, 3.63) is 83.6 Å². The van der Waals surface area contributed by atoms with Gasteiger partial charge in [-0.1, -0.05) is 12.1 Å². The number of rotatable bonds is 5. The van der Waals surface area contributed by atoms with E-state index in [0.717, 1.165) is 0 Å². The lowest BCUT2D eigenvalue weighted by Crippen LogP contribution is -2.41. The van der Waals surface area contributed by atoms with Gasteiger partial charge in [0.25, 0.3) is 5.91 Å². The Morgan fingerprint density at radius 3 is 2.67 bits per heavy atom. The van der Waals surface area contributed by atoms with E-state index >= 15 is 0 Å². The SMILES string of the molecule is N#Cc1ccccc1OCc1ccc(C(=O)NNC(=O)c2cccnc2)o1. The first kappa shape index (κ1) is 17.7. The van der Waals surface area contributed by atoms with Crippen molar-refractivity contribution in [3.63, 3.8) is 0 Å². The van der Waals surface area contributed by atoms with Gasteiger partial charge in [0, 0.05) is 12.4 Å². The molecule has 2 heterocycles. The predicted octanol–water partition coefficient (Wildman–Crippen LogP) is 2.20. The largest absolute Gasteiger partial charge is 0.484 e. The molecule has 0 bridgehead atoms. The van der Waals surface area contributed by atoms with E-state index in [1.54, 1.807) is 42.5 Å². The van der Waals surface area contributed by atoms with Crippen molar-refractivity contribution in [2.24, 2.45) is 0 Å². The highest BCUT2D eigenvalue weighted by Crippen LogP contribution is 2.19. The second-order valence-corrected chi connectivity index (χ2v) is 5.31. The number of furan rings is 1. The third-order valence-electron chi connectivity index (χ3n) is 3.48. The number of hydrogen-bond acceptors (Lipinski definition) is 6. The molecular formula is C19H14N4O4. The van der Waals surface area contributed by atoms with Gasteiger partial charge in [0.05, 0.1) is 11.1 Å². The number of para-hydroxylation sites is 1. The number of hydrogen-bond donors (Lipinski definition) is 2. The number of nitrogens with one attached hydrogen (secondary N) is 2. The van der Waals surface area contributed by atoms with Gasteiger partial charge in [0.1, 0.15) is 24.2 Å². The molecule has 0 fully saturated rings. The molecule has 27 heavy (non-hydrogen) atoms. The first-order chi connectivity index (χ1) is 13.2. The van der Waals surface area contributed by atoms with E-state index in [0.29, 0.717) is 22.6 Å². The first-order valence-electron chi connectivity index (χ1n) is 7.88. The van der Waals surface area contributed by atoms with Crippen LogP contribution in [-0.4, -0.2) is 16.8 Å². The van der Waals surface area contributed by atoms with Crippen LogP contribution in [-0.2, 0) is 6.61 Å². The number of benzene rings is 1. The van der Waals surface area contributed by atoms with Crippen LogP contribution in [0.5, 0.6) is 5.75 Å². The molecule has 0 spiro atoms. The molecule has 2 aromatic heterocycles. The average Bonchev–Trinajstić information content (AvgIpc) is 3.20. The summed E-state index contributed by atoms with van der Waals surface area (Å²) in [6.45, 7) is 0.0496. The summed E-state index contributed by atoms with van der Waals surface area (Å²) < 4.78 is 10.9. The van der Waals surface area contributed by atoms with E-state index < -0.39 is 11.8 Å². The van der Waals surface area contributed by atoms with E-state index in [1.807, 2.05) is 6.07 Å². The Morgan fingerprint density at radius 2 is 1.89 bits per heavy atom. The van der Waals surface area contributed by atoms with Crippen LogP contribution in [0.2, 0.25) is 0 Å². The molecule has 3 rings (SSSR count). The van der Waals surface area contributed by atoms with Gasteiger partial charge in [0.2, 0.25) is 0 Å². The van der Waals surface area contributed by atoms with E-state index in [-0.39, 0.29) is 12.4 Å². The van der Waals surface area contributed by atoms with Crippen LogP contribution in [0.3, 0.4) is 0 Å². The monoisotopic (exact) mass is 362 g/mol. The fourth-order valence-corrected chi connectivity index (χ4v) is 2.16. The average molecular weight is 362 g/mol. The summed E-state index contributed by atoms with van der Waals surface area (Å²) in [4.78, 5) is 27.7. The molecule has 0 aliphatic carbocycles. The summed E-state index contributed by atoms with van der Waals surface area (Å²) in [5.41, 5.74) is 5.24. The quantitative estimate of drug-likeness (QED) is 0.672. The van der Waals surface area contributed by atoms with Crippen LogP contribution in [0.15, 0.2) is 65.3 Å². The first-order valence-corrected chi connectivity index (χ1v) is 7.88. The standard InChI is InChI=1S/C19H14N4O4/c20-10-13-4-1-2-6-16(13)26-12-15-7-8-17(27-15)19(25)23-22-18(24)14-5-3-9-21-11-14/h1-9,11H,12H2,(H,22,24)(H,23,25). The van der Waals surface area contributed by atoms with E-state index in [1.165, 1.54) is 18.5 Å². The highest BCUT2D eigenvalue weighted by Gasteiger charge is 2.13. The van der Waals surface area contributed by atoms with Crippen molar-refractivity contribution in [2.45, 2.75) is 6.61 Å². The fraction of sp³-hybridized carbons (Fsp3) is 0.0526. The van der Waals surface area contributed by atoms with Crippen molar-refractivity contribution >= 4 is 11.8 Å². The third-order valence-corrected chi connectivity index (χ3v) is 3.48. The maximum atomic E-state index is 12.0. The highest BCUT2D eigenvalue weighted by molar-refractivity contribution is 5.97. The van der Waals surface area contributed by atoms with E-state index in [4.69, 9.17) is 14.4 Å². The van der Waals surface area contributed by atoms with Gasteiger partial charge in [-0.2, -0.15) is 5.26 Å². The van der Waals surface area contributed by atoms with Crippen LogP contribution in [0.1, 0.15) is 32.2 Å². The number of carbonyl (C=O) groups excluding carboxylic acids is 2. The number of nitriles is 1. The molecule has 3 aromatic rings. The Morgan fingerprint density at radius 1 is 1.07 bits per heavy atom. The minimum absolute atomic E-state index is 0.00801.